The Bertz CT molecular complexity index is 1040. The zero-order valence-electron chi connectivity index (χ0n) is 23.9. The number of nitrogens with zero attached hydrogens (tertiary/aromatic N) is 2. The van der Waals surface area contributed by atoms with Crippen molar-refractivity contribution in [1.82, 2.24) is 3.53 Å². The predicted octanol–water partition coefficient (Wildman–Crippen LogP) is 8.58. The first-order valence-electron chi connectivity index (χ1n) is 14.7. The molecule has 0 aliphatic rings. The van der Waals surface area contributed by atoms with Crippen LogP contribution in [0.3, 0.4) is 0 Å². The third kappa shape index (κ3) is 15.9. The van der Waals surface area contributed by atoms with Crippen LogP contribution < -0.4 is 3.53 Å². The largest absolute Gasteiger partial charge is 0.349 e. The molecule has 0 aromatic heterocycles. The second-order valence-electron chi connectivity index (χ2n) is 10.1. The molecule has 1 rings (SSSR count). The van der Waals surface area contributed by atoms with Gasteiger partial charge in [0.05, 0.1) is 15.9 Å². The lowest BCUT2D eigenvalue weighted by Crippen LogP contribution is -2.32. The summed E-state index contributed by atoms with van der Waals surface area (Å²) in [5.41, 5.74) is -0.923. The fraction of sp³-hybridized carbons (Fsp3) is 0.645. The van der Waals surface area contributed by atoms with Crippen LogP contribution in [0.15, 0.2) is 18.2 Å². The molecule has 0 aliphatic carbocycles. The average molecular weight is 666 g/mol. The minimum Gasteiger partial charge on any atom is -0.298 e. The molecule has 1 aromatic carbocycles. The van der Waals surface area contributed by atoms with Crippen LogP contribution in [0.2, 0.25) is 0 Å². The van der Waals surface area contributed by atoms with Crippen LogP contribution in [0, 0.1) is 43.9 Å². The van der Waals surface area contributed by atoms with Crippen LogP contribution in [-0.2, 0) is 11.2 Å². The molecule has 220 valence electrons. The maximum absolute atomic E-state index is 12.7. The summed E-state index contributed by atoms with van der Waals surface area (Å²) in [4.78, 5) is 33.8. The second kappa shape index (κ2) is 23.2. The van der Waals surface area contributed by atoms with Gasteiger partial charge in [0.1, 0.15) is 0 Å². The highest BCUT2D eigenvalue weighted by Gasteiger charge is 2.30. The van der Waals surface area contributed by atoms with Crippen LogP contribution >= 0.6 is 22.9 Å². The molecule has 0 fully saturated rings. The van der Waals surface area contributed by atoms with E-state index in [0.29, 0.717) is 6.42 Å². The van der Waals surface area contributed by atoms with Gasteiger partial charge in [0.15, 0.2) is 5.78 Å². The summed E-state index contributed by atoms with van der Waals surface area (Å²) in [6.07, 6.45) is 18.6. The van der Waals surface area contributed by atoms with Crippen molar-refractivity contribution in [1.29, 1.82) is 0 Å². The van der Waals surface area contributed by atoms with Crippen LogP contribution in [0.4, 0.5) is 11.4 Å². The van der Waals surface area contributed by atoms with E-state index in [1.807, 2.05) is 22.9 Å². The molecule has 0 heterocycles. The monoisotopic (exact) mass is 665 g/mol. The molecular weight excluding hydrogens is 621 g/mol. The number of nitro benzene ring substituents is 2. The maximum Gasteiger partial charge on any atom is 0.349 e. The zero-order valence-corrected chi connectivity index (χ0v) is 26.0. The topological polar surface area (TPSA) is 115 Å². The Morgan fingerprint density at radius 1 is 0.825 bits per heavy atom. The molecule has 0 spiro atoms. The third-order valence-corrected chi connectivity index (χ3v) is 7.54. The van der Waals surface area contributed by atoms with Crippen molar-refractivity contribution in [2.75, 3.05) is 0 Å². The first-order valence-corrected chi connectivity index (χ1v) is 15.8. The predicted molar refractivity (Wildman–Crippen MR) is 169 cm³/mol. The second-order valence-corrected chi connectivity index (χ2v) is 10.7. The van der Waals surface area contributed by atoms with Gasteiger partial charge in [-0.3, -0.25) is 28.6 Å². The number of carbonyl (C=O) groups is 1. The van der Waals surface area contributed by atoms with Crippen molar-refractivity contribution in [3.63, 3.8) is 0 Å². The molecule has 0 aliphatic heterocycles. The molecule has 8 nitrogen and oxygen atoms in total. The summed E-state index contributed by atoms with van der Waals surface area (Å²) in [6, 6.07) is 3.36. The number of nitrogens with one attached hydrogen (secondary N) is 1. The molecule has 40 heavy (non-hydrogen) atoms. The lowest BCUT2D eigenvalue weighted by Gasteiger charge is -2.14. The molecule has 9 heteroatoms. The summed E-state index contributed by atoms with van der Waals surface area (Å²) in [7, 11) is 0. The van der Waals surface area contributed by atoms with Crippen LogP contribution in [0.5, 0.6) is 0 Å². The Morgan fingerprint density at radius 2 is 1.35 bits per heavy atom. The van der Waals surface area contributed by atoms with Crippen LogP contribution in [-0.4, -0.2) is 21.7 Å². The fourth-order valence-corrected chi connectivity index (χ4v) is 5.06. The van der Waals surface area contributed by atoms with Crippen molar-refractivity contribution in [3.8, 4) is 23.7 Å². The lowest BCUT2D eigenvalue weighted by atomic mass is 9.97. The Labute approximate surface area is 253 Å². The van der Waals surface area contributed by atoms with Gasteiger partial charge in [-0.1, -0.05) is 102 Å². The van der Waals surface area contributed by atoms with Crippen molar-refractivity contribution in [2.24, 2.45) is 0 Å². The van der Waals surface area contributed by atoms with Crippen molar-refractivity contribution in [3.05, 3.63) is 44.0 Å². The number of ketones is 1. The maximum atomic E-state index is 12.7. The van der Waals surface area contributed by atoms with E-state index in [0.717, 1.165) is 63.9 Å². The normalized spacial score (nSPS) is 11.2. The highest BCUT2D eigenvalue weighted by atomic mass is 127. The van der Waals surface area contributed by atoms with E-state index in [2.05, 4.69) is 34.1 Å². The van der Waals surface area contributed by atoms with Gasteiger partial charge in [0.2, 0.25) is 0 Å². The molecule has 1 N–H and O–H groups in total. The van der Waals surface area contributed by atoms with E-state index in [1.165, 1.54) is 57.1 Å². The number of halogens is 1. The number of para-hydroxylation sites is 1. The van der Waals surface area contributed by atoms with E-state index < -0.39 is 27.3 Å². The number of hydrogen-bond donors (Lipinski definition) is 1. The van der Waals surface area contributed by atoms with E-state index in [1.54, 1.807) is 0 Å². The Hall–Kier alpha value is -2.50. The summed E-state index contributed by atoms with van der Waals surface area (Å²) < 4.78 is 2.89. The average Bonchev–Trinajstić information content (AvgIpc) is 2.94. The van der Waals surface area contributed by atoms with Crippen LogP contribution in [0.25, 0.3) is 0 Å². The quantitative estimate of drug-likeness (QED) is 0.0331. The molecule has 1 atom stereocenters. The number of nitro groups is 2. The summed E-state index contributed by atoms with van der Waals surface area (Å²) in [6.45, 7) is 2.24. The van der Waals surface area contributed by atoms with Gasteiger partial charge in [-0.05, 0) is 31.1 Å². The molecule has 0 bridgehead atoms. The van der Waals surface area contributed by atoms with Gasteiger partial charge < -0.3 is 0 Å². The van der Waals surface area contributed by atoms with E-state index >= 15 is 0 Å². The number of Topliss-reactive ketones (excluding diaryl/α,β-unsaturated/α-hetero) is 1. The van der Waals surface area contributed by atoms with Gasteiger partial charge in [0, 0.05) is 60.2 Å². The van der Waals surface area contributed by atoms with E-state index in [-0.39, 0.29) is 17.8 Å². The molecule has 0 radical (unpaired) electrons. The number of hydrogen-bond acceptors (Lipinski definition) is 6. The fourth-order valence-electron chi connectivity index (χ4n) is 4.49. The zero-order chi connectivity index (χ0) is 29.4. The summed E-state index contributed by atoms with van der Waals surface area (Å²) >= 11 is 1.86. The number of rotatable bonds is 22. The Balaban J connectivity index is 2.16. The molecule has 1 aromatic rings. The molecular formula is C31H44IN3O5. The molecule has 0 saturated carbocycles. The summed E-state index contributed by atoms with van der Waals surface area (Å²) in [5, 5.41) is 22.6. The van der Waals surface area contributed by atoms with Gasteiger partial charge in [-0.2, -0.15) is 0 Å². The molecule has 0 saturated heterocycles. The van der Waals surface area contributed by atoms with Crippen molar-refractivity contribution >= 4 is 40.0 Å². The van der Waals surface area contributed by atoms with E-state index in [4.69, 9.17) is 0 Å². The minimum absolute atomic E-state index is 0.0352. The standard InChI is InChI=1S/C31H44IN3O5/c1-2-3-4-5-6-7-8-9-10-11-12-13-14-15-16-17-18-19-20-21-25-30(36)28(33-32)26-27-23-22-24-29(34(37)38)31(27)35(39)40/h22-24,28,33H,2-9,14-21,25-26H2,1H3. The van der Waals surface area contributed by atoms with Gasteiger partial charge in [0.25, 0.3) is 0 Å². The first-order chi connectivity index (χ1) is 19.4. The lowest BCUT2D eigenvalue weighted by molar-refractivity contribution is -0.423. The van der Waals surface area contributed by atoms with Crippen molar-refractivity contribution < 1.29 is 14.6 Å². The highest BCUT2D eigenvalue weighted by Crippen LogP contribution is 2.31. The number of benzene rings is 1. The molecule has 1 unspecified atom stereocenters. The van der Waals surface area contributed by atoms with Gasteiger partial charge in [-0.15, -0.1) is 0 Å². The smallest absolute Gasteiger partial charge is 0.298 e. The Morgan fingerprint density at radius 3 is 1.85 bits per heavy atom. The SMILES string of the molecule is CCCCCCCCCC#CC#CCCCCCCCCCC(=O)C(Cc1cccc([N+](=O)[O-])c1[N+](=O)[O-])NI. The van der Waals surface area contributed by atoms with Gasteiger partial charge in [-0.25, -0.2) is 0 Å². The minimum atomic E-state index is -0.766. The Kier molecular flexibility index (Phi) is 20.6. The van der Waals surface area contributed by atoms with Crippen LogP contribution in [0.1, 0.15) is 122 Å². The number of carbonyl (C=O) groups excluding carboxylic acids is 1. The summed E-state index contributed by atoms with van der Waals surface area (Å²) in [5.74, 6) is 12.2. The highest BCUT2D eigenvalue weighted by molar-refractivity contribution is 14.1. The van der Waals surface area contributed by atoms with E-state index in [9.17, 15) is 25.0 Å². The van der Waals surface area contributed by atoms with Crippen molar-refractivity contribution in [2.45, 2.75) is 129 Å². The number of unbranched alkanes of at least 4 members (excludes halogenated alkanes) is 14. The molecule has 0 amide bonds. The van der Waals surface area contributed by atoms with Gasteiger partial charge >= 0.3 is 11.4 Å². The third-order valence-electron chi connectivity index (χ3n) is 6.79. The first kappa shape index (κ1) is 35.5.